The van der Waals surface area contributed by atoms with Crippen LogP contribution in [0.15, 0.2) is 51.9 Å². The summed E-state index contributed by atoms with van der Waals surface area (Å²) >= 11 is 6.18. The molecule has 1 N–H and O–H groups in total. The Bertz CT molecular complexity index is 1260. The van der Waals surface area contributed by atoms with Crippen molar-refractivity contribution >= 4 is 17.2 Å². The lowest BCUT2D eigenvalue weighted by Crippen LogP contribution is -2.41. The molecule has 142 valence electrons. The van der Waals surface area contributed by atoms with E-state index in [0.717, 1.165) is 0 Å². The second-order valence-corrected chi connectivity index (χ2v) is 6.86. The Morgan fingerprint density at radius 3 is 2.71 bits per heavy atom. The first-order chi connectivity index (χ1) is 13.4. The second-order valence-electron chi connectivity index (χ2n) is 6.45. The molecular weight excluding hydrogens is 385 g/mol. The Balaban J connectivity index is 2.04. The van der Waals surface area contributed by atoms with Crippen LogP contribution in [-0.4, -0.2) is 14.7 Å². The molecule has 3 heterocycles. The minimum Gasteiger partial charge on any atom is -0.477 e. The van der Waals surface area contributed by atoms with E-state index in [0.29, 0.717) is 28.2 Å². The molecule has 0 bridgehead atoms. The zero-order valence-corrected chi connectivity index (χ0v) is 15.9. The maximum absolute atomic E-state index is 13.4. The van der Waals surface area contributed by atoms with Crippen molar-refractivity contribution in [1.82, 2.24) is 9.56 Å². The van der Waals surface area contributed by atoms with Crippen LogP contribution in [0.3, 0.4) is 0 Å². The number of rotatable bonds is 3. The van der Waals surface area contributed by atoms with Crippen molar-refractivity contribution in [3.05, 3.63) is 80.8 Å². The third-order valence-corrected chi connectivity index (χ3v) is 5.01. The Labute approximate surface area is 164 Å². The molecule has 4 rings (SSSR count). The van der Waals surface area contributed by atoms with Gasteiger partial charge in [-0.05, 0) is 32.0 Å². The summed E-state index contributed by atoms with van der Waals surface area (Å²) in [6.07, 6.45) is 1.61. The molecule has 0 spiro atoms. The second kappa shape index (κ2) is 6.76. The molecule has 0 amide bonds. The number of fused-ring (bicyclic) bond motifs is 1. The molecular formula is C20H16ClFN3O3+. The Morgan fingerprint density at radius 1 is 1.25 bits per heavy atom. The molecule has 0 aliphatic heterocycles. The van der Waals surface area contributed by atoms with Crippen molar-refractivity contribution in [2.45, 2.75) is 20.4 Å². The zero-order valence-electron chi connectivity index (χ0n) is 15.1. The number of nitrogens with zero attached hydrogens (tertiary/aromatic N) is 3. The normalized spacial score (nSPS) is 11.3. The molecule has 0 fully saturated rings. The molecule has 0 saturated carbocycles. The lowest BCUT2D eigenvalue weighted by Gasteiger charge is -2.11. The van der Waals surface area contributed by atoms with E-state index < -0.39 is 11.4 Å². The molecule has 4 aromatic rings. The van der Waals surface area contributed by atoms with Crippen LogP contribution >= 0.6 is 11.6 Å². The molecule has 28 heavy (non-hydrogen) atoms. The minimum atomic E-state index is -0.450. The average Bonchev–Trinajstić information content (AvgIpc) is 2.99. The van der Waals surface area contributed by atoms with Gasteiger partial charge in [0.25, 0.3) is 11.5 Å². The van der Waals surface area contributed by atoms with Crippen LogP contribution in [0.5, 0.6) is 5.88 Å². The summed E-state index contributed by atoms with van der Waals surface area (Å²) in [6.45, 7) is 3.51. The molecule has 3 aromatic heterocycles. The Hall–Kier alpha value is -3.19. The van der Waals surface area contributed by atoms with Gasteiger partial charge in [0.15, 0.2) is 5.56 Å². The van der Waals surface area contributed by atoms with Crippen molar-refractivity contribution in [3.8, 4) is 17.0 Å². The molecule has 0 atom stereocenters. The zero-order chi connectivity index (χ0) is 20.0. The van der Waals surface area contributed by atoms with Crippen LogP contribution in [0, 0.1) is 19.7 Å². The first-order valence-corrected chi connectivity index (χ1v) is 8.89. The number of benzene rings is 1. The number of halogens is 2. The van der Waals surface area contributed by atoms with Gasteiger partial charge in [0.05, 0.1) is 22.5 Å². The average molecular weight is 401 g/mol. The molecule has 0 radical (unpaired) electrons. The lowest BCUT2D eigenvalue weighted by atomic mass is 10.1. The van der Waals surface area contributed by atoms with E-state index in [-0.39, 0.29) is 23.0 Å². The van der Waals surface area contributed by atoms with Crippen molar-refractivity contribution in [2.75, 3.05) is 0 Å². The quantitative estimate of drug-likeness (QED) is 0.535. The molecule has 0 saturated heterocycles. The molecule has 0 unspecified atom stereocenters. The number of aromatic hydroxyl groups is 1. The van der Waals surface area contributed by atoms with Crippen molar-refractivity contribution < 1.29 is 18.6 Å². The van der Waals surface area contributed by atoms with E-state index in [9.17, 15) is 14.3 Å². The number of aryl methyl sites for hydroxylation is 2. The van der Waals surface area contributed by atoms with Gasteiger partial charge in [-0.1, -0.05) is 28.9 Å². The van der Waals surface area contributed by atoms with Crippen molar-refractivity contribution in [2.24, 2.45) is 0 Å². The number of hydrogen-bond acceptors (Lipinski definition) is 4. The van der Waals surface area contributed by atoms with Gasteiger partial charge in [0.2, 0.25) is 0 Å². The van der Waals surface area contributed by atoms with Gasteiger partial charge in [-0.15, -0.1) is 0 Å². The molecule has 6 nitrogen and oxygen atoms in total. The third-order valence-electron chi connectivity index (χ3n) is 4.65. The highest BCUT2D eigenvalue weighted by Crippen LogP contribution is 2.30. The molecule has 0 aliphatic carbocycles. The highest BCUT2D eigenvalue weighted by Gasteiger charge is 2.29. The van der Waals surface area contributed by atoms with Crippen LogP contribution in [0.1, 0.15) is 17.0 Å². The van der Waals surface area contributed by atoms with E-state index in [4.69, 9.17) is 16.1 Å². The van der Waals surface area contributed by atoms with Crippen LogP contribution in [-0.2, 0) is 6.54 Å². The lowest BCUT2D eigenvalue weighted by molar-refractivity contribution is -0.671. The summed E-state index contributed by atoms with van der Waals surface area (Å²) < 4.78 is 21.6. The summed E-state index contributed by atoms with van der Waals surface area (Å²) in [5.41, 5.74) is 1.67. The van der Waals surface area contributed by atoms with E-state index >= 15 is 0 Å². The standard InChI is InChI=1S/C20H15ClFN3O3/c1-11-17(12(2)28-23-11)18-19(26)24-8-4-3-5-16(24)25(20(18)27)10-13-6-7-14(22)9-15(13)21/h3-9H,10H2,1-2H3/p+1. The summed E-state index contributed by atoms with van der Waals surface area (Å²) in [6, 6.07) is 9.23. The Kier molecular flexibility index (Phi) is 4.39. The van der Waals surface area contributed by atoms with Gasteiger partial charge >= 0.3 is 5.56 Å². The number of hydrogen-bond donors (Lipinski definition) is 1. The SMILES string of the molecule is Cc1noc(C)c1-c1c(O)[n+](Cc2ccc(F)cc2Cl)c2ccccn2c1=O. The fourth-order valence-electron chi connectivity index (χ4n) is 3.32. The predicted octanol–water partition coefficient (Wildman–Crippen LogP) is 3.41. The molecule has 1 aromatic carbocycles. The van der Waals surface area contributed by atoms with Gasteiger partial charge in [-0.3, -0.25) is 0 Å². The van der Waals surface area contributed by atoms with Gasteiger partial charge in [-0.2, -0.15) is 8.97 Å². The highest BCUT2D eigenvalue weighted by molar-refractivity contribution is 6.31. The first-order valence-electron chi connectivity index (χ1n) is 8.52. The predicted molar refractivity (Wildman–Crippen MR) is 101 cm³/mol. The topological polar surface area (TPSA) is 71.6 Å². The van der Waals surface area contributed by atoms with Crippen LogP contribution in [0.4, 0.5) is 4.39 Å². The van der Waals surface area contributed by atoms with Crippen molar-refractivity contribution in [1.29, 1.82) is 0 Å². The minimum absolute atomic E-state index is 0.0817. The van der Waals surface area contributed by atoms with Gasteiger partial charge < -0.3 is 9.63 Å². The monoisotopic (exact) mass is 400 g/mol. The van der Waals surface area contributed by atoms with Crippen LogP contribution < -0.4 is 10.1 Å². The first kappa shape index (κ1) is 18.2. The van der Waals surface area contributed by atoms with Gasteiger partial charge in [-0.25, -0.2) is 9.18 Å². The Morgan fingerprint density at radius 2 is 2.04 bits per heavy atom. The molecule has 0 aliphatic rings. The van der Waals surface area contributed by atoms with Crippen molar-refractivity contribution in [3.63, 3.8) is 0 Å². The largest absolute Gasteiger partial charge is 0.477 e. The fourth-order valence-corrected chi connectivity index (χ4v) is 3.55. The number of pyridine rings is 1. The number of aromatic nitrogens is 3. The fraction of sp³-hybridized carbons (Fsp3) is 0.150. The molecule has 8 heteroatoms. The van der Waals surface area contributed by atoms with Gasteiger partial charge in [0.1, 0.15) is 18.1 Å². The third kappa shape index (κ3) is 2.84. The van der Waals surface area contributed by atoms with E-state index in [1.165, 1.54) is 16.5 Å². The van der Waals surface area contributed by atoms with Crippen LogP contribution in [0.2, 0.25) is 5.02 Å². The smallest absolute Gasteiger partial charge is 0.354 e. The summed E-state index contributed by atoms with van der Waals surface area (Å²) in [5.74, 6) is -0.272. The maximum atomic E-state index is 13.4. The summed E-state index contributed by atoms with van der Waals surface area (Å²) in [4.78, 5) is 13.1. The maximum Gasteiger partial charge on any atom is 0.354 e. The summed E-state index contributed by atoms with van der Waals surface area (Å²) in [7, 11) is 0. The van der Waals surface area contributed by atoms with E-state index in [1.54, 1.807) is 48.9 Å². The summed E-state index contributed by atoms with van der Waals surface area (Å²) in [5, 5.41) is 15.2. The van der Waals surface area contributed by atoms with E-state index in [2.05, 4.69) is 5.16 Å². The highest BCUT2D eigenvalue weighted by atomic mass is 35.5. The van der Waals surface area contributed by atoms with Gasteiger partial charge in [0, 0.05) is 11.6 Å². The van der Waals surface area contributed by atoms with E-state index in [1.807, 2.05) is 0 Å². The van der Waals surface area contributed by atoms with Crippen LogP contribution in [0.25, 0.3) is 16.8 Å².